The van der Waals surface area contributed by atoms with Gasteiger partial charge in [-0.25, -0.2) is 9.80 Å². The first-order valence-electron chi connectivity index (χ1n) is 12.7. The zero-order valence-corrected chi connectivity index (χ0v) is 22.7. The fraction of sp³-hybridized carbons (Fsp3) is 0.464. The van der Waals surface area contributed by atoms with E-state index >= 15 is 0 Å². The lowest BCUT2D eigenvalue weighted by atomic mass is 9.93. The summed E-state index contributed by atoms with van der Waals surface area (Å²) in [5.41, 5.74) is 4.90. The molecule has 1 atom stereocenters. The minimum atomic E-state index is -0.235. The SMILES string of the molecule is CC=O.CNC(=O)N1N=C(c2ccc(N3CCC(NC)CC3)cc2)c2cc(OC)c(OC)cc2CC1C. The molecule has 0 radical (unpaired) electrons. The molecule has 1 unspecified atom stereocenters. The lowest BCUT2D eigenvalue weighted by Gasteiger charge is -2.33. The molecular formula is C28H39N5O4. The monoisotopic (exact) mass is 509 g/mol. The third-order valence-corrected chi connectivity index (χ3v) is 6.84. The summed E-state index contributed by atoms with van der Waals surface area (Å²) in [5, 5.41) is 12.5. The number of carbonyl (C=O) groups excluding carboxylic acids is 2. The summed E-state index contributed by atoms with van der Waals surface area (Å²) in [6.07, 6.45) is 3.67. The number of hydrogen-bond acceptors (Lipinski definition) is 7. The Labute approximate surface area is 219 Å². The van der Waals surface area contributed by atoms with Gasteiger partial charge in [0, 0.05) is 43.0 Å². The van der Waals surface area contributed by atoms with Crippen LogP contribution in [0.2, 0.25) is 0 Å². The van der Waals surface area contributed by atoms with Gasteiger partial charge in [0.15, 0.2) is 11.5 Å². The summed E-state index contributed by atoms with van der Waals surface area (Å²) in [7, 11) is 6.92. The van der Waals surface area contributed by atoms with E-state index < -0.39 is 0 Å². The number of methoxy groups -OCH3 is 2. The lowest BCUT2D eigenvalue weighted by molar-refractivity contribution is -0.106. The van der Waals surface area contributed by atoms with Crippen molar-refractivity contribution in [1.29, 1.82) is 0 Å². The number of aldehydes is 1. The van der Waals surface area contributed by atoms with Gasteiger partial charge in [-0.05, 0) is 70.0 Å². The van der Waals surface area contributed by atoms with E-state index in [1.54, 1.807) is 21.3 Å². The predicted molar refractivity (Wildman–Crippen MR) is 147 cm³/mol. The maximum Gasteiger partial charge on any atom is 0.337 e. The lowest BCUT2D eigenvalue weighted by Crippen LogP contribution is -2.41. The van der Waals surface area contributed by atoms with Crippen LogP contribution in [0.5, 0.6) is 11.5 Å². The minimum Gasteiger partial charge on any atom is -0.493 e. The molecule has 1 fully saturated rings. The molecule has 0 aromatic heterocycles. The van der Waals surface area contributed by atoms with Gasteiger partial charge in [-0.15, -0.1) is 0 Å². The molecule has 200 valence electrons. The Hall–Kier alpha value is -3.59. The van der Waals surface area contributed by atoms with Crippen molar-refractivity contribution in [1.82, 2.24) is 15.6 Å². The van der Waals surface area contributed by atoms with E-state index in [4.69, 9.17) is 19.4 Å². The van der Waals surface area contributed by atoms with Gasteiger partial charge in [0.25, 0.3) is 0 Å². The highest BCUT2D eigenvalue weighted by molar-refractivity contribution is 6.14. The molecule has 9 nitrogen and oxygen atoms in total. The third kappa shape index (κ3) is 6.40. The number of carbonyl (C=O) groups is 2. The number of urea groups is 1. The van der Waals surface area contributed by atoms with E-state index in [1.807, 2.05) is 26.1 Å². The molecule has 2 aromatic rings. The normalized spacial score (nSPS) is 17.5. The average molecular weight is 510 g/mol. The van der Waals surface area contributed by atoms with Crippen molar-refractivity contribution in [3.63, 3.8) is 0 Å². The zero-order valence-electron chi connectivity index (χ0n) is 22.7. The summed E-state index contributed by atoms with van der Waals surface area (Å²) in [5.74, 6) is 1.31. The molecule has 4 rings (SSSR count). The topological polar surface area (TPSA) is 95.5 Å². The second-order valence-corrected chi connectivity index (χ2v) is 9.10. The van der Waals surface area contributed by atoms with Crippen molar-refractivity contribution in [3.8, 4) is 11.5 Å². The van der Waals surface area contributed by atoms with Crippen molar-refractivity contribution in [3.05, 3.63) is 53.1 Å². The first-order chi connectivity index (χ1) is 17.9. The molecule has 9 heteroatoms. The van der Waals surface area contributed by atoms with Crippen LogP contribution >= 0.6 is 0 Å². The van der Waals surface area contributed by atoms with Gasteiger partial charge >= 0.3 is 6.03 Å². The molecule has 2 aliphatic rings. The molecule has 37 heavy (non-hydrogen) atoms. The molecule has 2 N–H and O–H groups in total. The molecule has 0 saturated carbocycles. The summed E-state index contributed by atoms with van der Waals surface area (Å²) in [6, 6.07) is 12.7. The number of hydrogen-bond donors (Lipinski definition) is 2. The molecule has 2 amide bonds. The van der Waals surface area contributed by atoms with Crippen LogP contribution in [0.4, 0.5) is 10.5 Å². The molecule has 0 bridgehead atoms. The minimum absolute atomic E-state index is 0.123. The van der Waals surface area contributed by atoms with Crippen LogP contribution in [-0.4, -0.2) is 76.5 Å². The Morgan fingerprint density at radius 3 is 2.19 bits per heavy atom. The maximum absolute atomic E-state index is 12.7. The molecule has 2 heterocycles. The molecule has 0 aliphatic carbocycles. The Morgan fingerprint density at radius 1 is 1.05 bits per heavy atom. The Bertz CT molecular complexity index is 1090. The van der Waals surface area contributed by atoms with Crippen molar-refractivity contribution in [2.75, 3.05) is 46.3 Å². The van der Waals surface area contributed by atoms with Crippen LogP contribution in [0.1, 0.15) is 43.4 Å². The number of ether oxygens (including phenoxy) is 2. The number of benzene rings is 2. The van der Waals surface area contributed by atoms with E-state index in [2.05, 4.69) is 39.8 Å². The van der Waals surface area contributed by atoms with Crippen LogP contribution in [0.15, 0.2) is 41.5 Å². The maximum atomic E-state index is 12.7. The van der Waals surface area contributed by atoms with E-state index in [9.17, 15) is 4.79 Å². The Morgan fingerprint density at radius 2 is 1.65 bits per heavy atom. The van der Waals surface area contributed by atoms with Crippen LogP contribution in [0.25, 0.3) is 0 Å². The first-order valence-corrected chi connectivity index (χ1v) is 12.7. The number of fused-ring (bicyclic) bond motifs is 1. The van der Waals surface area contributed by atoms with Gasteiger partial charge in [0.05, 0.1) is 26.0 Å². The van der Waals surface area contributed by atoms with Crippen LogP contribution in [0.3, 0.4) is 0 Å². The fourth-order valence-corrected chi connectivity index (χ4v) is 4.81. The highest BCUT2D eigenvalue weighted by Crippen LogP contribution is 2.35. The molecule has 2 aliphatic heterocycles. The van der Waals surface area contributed by atoms with Crippen LogP contribution < -0.4 is 25.0 Å². The zero-order chi connectivity index (χ0) is 26.9. The summed E-state index contributed by atoms with van der Waals surface area (Å²) in [4.78, 5) is 23.9. The summed E-state index contributed by atoms with van der Waals surface area (Å²) < 4.78 is 11.1. The number of anilines is 1. The Balaban J connectivity index is 0.00000121. The molecular weight excluding hydrogens is 470 g/mol. The first kappa shape index (κ1) is 28.0. The second kappa shape index (κ2) is 13.1. The number of rotatable bonds is 5. The largest absolute Gasteiger partial charge is 0.493 e. The van der Waals surface area contributed by atoms with Crippen molar-refractivity contribution in [2.24, 2.45) is 5.10 Å². The average Bonchev–Trinajstić information content (AvgIpc) is 3.07. The predicted octanol–water partition coefficient (Wildman–Crippen LogP) is 3.44. The second-order valence-electron chi connectivity index (χ2n) is 9.10. The van der Waals surface area contributed by atoms with Crippen molar-refractivity contribution < 1.29 is 19.1 Å². The molecule has 0 spiro atoms. The Kier molecular flexibility index (Phi) is 9.91. The van der Waals surface area contributed by atoms with Gasteiger partial charge in [-0.3, -0.25) is 0 Å². The quantitative estimate of drug-likeness (QED) is 0.600. The van der Waals surface area contributed by atoms with E-state index in [0.29, 0.717) is 24.0 Å². The molecule has 1 saturated heterocycles. The van der Waals surface area contributed by atoms with E-state index in [0.717, 1.165) is 54.6 Å². The van der Waals surface area contributed by atoms with Crippen molar-refractivity contribution in [2.45, 2.75) is 45.2 Å². The van der Waals surface area contributed by atoms with Crippen LogP contribution in [0, 0.1) is 0 Å². The van der Waals surface area contributed by atoms with Gasteiger partial charge in [0.1, 0.15) is 6.29 Å². The number of nitrogens with one attached hydrogen (secondary N) is 2. The van der Waals surface area contributed by atoms with E-state index in [1.165, 1.54) is 17.6 Å². The highest BCUT2D eigenvalue weighted by atomic mass is 16.5. The molecule has 2 aromatic carbocycles. The number of nitrogens with zero attached hydrogens (tertiary/aromatic N) is 3. The van der Waals surface area contributed by atoms with E-state index in [-0.39, 0.29) is 12.1 Å². The summed E-state index contributed by atoms with van der Waals surface area (Å²) in [6.45, 7) is 5.52. The summed E-state index contributed by atoms with van der Waals surface area (Å²) >= 11 is 0. The van der Waals surface area contributed by atoms with Crippen molar-refractivity contribution >= 4 is 23.7 Å². The number of amides is 2. The van der Waals surface area contributed by atoms with Gasteiger partial charge in [-0.1, -0.05) is 12.1 Å². The number of hydrazone groups is 1. The fourth-order valence-electron chi connectivity index (χ4n) is 4.81. The number of piperidine rings is 1. The third-order valence-electron chi connectivity index (χ3n) is 6.84. The van der Waals surface area contributed by atoms with Gasteiger partial charge < -0.3 is 29.8 Å². The van der Waals surface area contributed by atoms with Gasteiger partial charge in [0.2, 0.25) is 0 Å². The van der Waals surface area contributed by atoms with Crippen LogP contribution in [-0.2, 0) is 11.2 Å². The smallest absolute Gasteiger partial charge is 0.337 e. The van der Waals surface area contributed by atoms with Gasteiger partial charge in [-0.2, -0.15) is 5.10 Å². The highest BCUT2D eigenvalue weighted by Gasteiger charge is 2.28. The standard InChI is InChI=1S/C26H35N5O3.C2H4O/c1-17-14-19-15-23(33-4)24(34-5)16-22(19)25(29-31(17)26(32)28-3)18-6-8-21(9-7-18)30-12-10-20(27-2)11-13-30;1-2-3/h6-9,15-17,20,27H,10-14H2,1-5H3,(H,28,32);2H,1H3.